The first kappa shape index (κ1) is 16.1. The maximum atomic E-state index is 11.8. The van der Waals surface area contributed by atoms with Crippen LogP contribution < -0.4 is 10.6 Å². The minimum absolute atomic E-state index is 0.340. The summed E-state index contributed by atoms with van der Waals surface area (Å²) < 4.78 is 35.3. The second kappa shape index (κ2) is 6.77. The number of hydrogen-bond acceptors (Lipinski definition) is 4. The lowest BCUT2D eigenvalue weighted by Crippen LogP contribution is -2.54. The Morgan fingerprint density at radius 1 is 1.24 bits per heavy atom. The van der Waals surface area contributed by atoms with Crippen LogP contribution in [0, 0.1) is 0 Å². The molecule has 0 aliphatic rings. The molecule has 0 fully saturated rings. The molecule has 1 amide bonds. The summed E-state index contributed by atoms with van der Waals surface area (Å²) in [6.07, 6.45) is -4.11. The van der Waals surface area contributed by atoms with Gasteiger partial charge in [-0.05, 0) is 6.42 Å². The van der Waals surface area contributed by atoms with Crippen molar-refractivity contribution < 1.29 is 28.2 Å². The average Bonchev–Trinajstić information content (AvgIpc) is 2.28. The van der Waals surface area contributed by atoms with Crippen molar-refractivity contribution in [2.75, 3.05) is 26.3 Å². The van der Waals surface area contributed by atoms with Crippen molar-refractivity contribution in [2.24, 2.45) is 0 Å². The smallest absolute Gasteiger partial charge is 0.394 e. The third-order valence-electron chi connectivity index (χ3n) is 2.39. The minimum Gasteiger partial charge on any atom is -0.394 e. The third-order valence-corrected chi connectivity index (χ3v) is 2.39. The highest BCUT2D eigenvalue weighted by atomic mass is 19.4. The lowest BCUT2D eigenvalue weighted by Gasteiger charge is -2.29. The number of carbonyl (C=O) groups is 1. The fourth-order valence-electron chi connectivity index (χ4n) is 1.04. The van der Waals surface area contributed by atoms with E-state index in [2.05, 4.69) is 5.32 Å². The predicted octanol–water partition coefficient (Wildman–Crippen LogP) is -0.612. The van der Waals surface area contributed by atoms with E-state index in [9.17, 15) is 18.0 Å². The van der Waals surface area contributed by atoms with E-state index in [1.807, 2.05) is 0 Å². The molecule has 0 radical (unpaired) electrons. The zero-order chi connectivity index (χ0) is 13.5. The maximum absolute atomic E-state index is 11.8. The molecular weight excluding hydrogens is 241 g/mol. The van der Waals surface area contributed by atoms with E-state index in [-0.39, 0.29) is 0 Å². The topological polar surface area (TPSA) is 81.6 Å². The first-order valence-corrected chi connectivity index (χ1v) is 5.09. The van der Waals surface area contributed by atoms with Crippen LogP contribution in [0.5, 0.6) is 0 Å². The Bertz CT molecular complexity index is 234. The normalized spacial score (nSPS) is 12.6. The van der Waals surface area contributed by atoms with Crippen molar-refractivity contribution in [3.63, 3.8) is 0 Å². The Labute approximate surface area is 97.0 Å². The second-order valence-corrected chi connectivity index (χ2v) is 3.70. The number of aliphatic hydroxyl groups is 2. The summed E-state index contributed by atoms with van der Waals surface area (Å²) in [7, 11) is 0. The van der Waals surface area contributed by atoms with Crippen LogP contribution in [-0.4, -0.2) is 54.1 Å². The molecule has 0 aromatic carbocycles. The van der Waals surface area contributed by atoms with Crippen LogP contribution in [0.25, 0.3) is 0 Å². The summed E-state index contributed by atoms with van der Waals surface area (Å²) in [5.74, 6) is -0.845. The van der Waals surface area contributed by atoms with Crippen LogP contribution in [0.3, 0.4) is 0 Å². The van der Waals surface area contributed by atoms with Gasteiger partial charge < -0.3 is 15.5 Å². The van der Waals surface area contributed by atoms with Crippen LogP contribution >= 0.6 is 0 Å². The standard InChI is InChI=1S/C9H17F3N2O3/c1-2-8(5-15,6-16)14-3-7(17)13-4-9(10,11)12/h14-16H,2-6H2,1H3,(H,13,17). The first-order chi connectivity index (χ1) is 7.78. The number of amides is 1. The van der Waals surface area contributed by atoms with Crippen molar-refractivity contribution in [3.8, 4) is 0 Å². The van der Waals surface area contributed by atoms with Gasteiger partial charge in [-0.2, -0.15) is 13.2 Å². The van der Waals surface area contributed by atoms with Crippen molar-refractivity contribution in [2.45, 2.75) is 25.1 Å². The van der Waals surface area contributed by atoms with Crippen molar-refractivity contribution in [1.82, 2.24) is 10.6 Å². The van der Waals surface area contributed by atoms with Gasteiger partial charge in [0.15, 0.2) is 0 Å². The molecule has 0 rings (SSSR count). The summed E-state index contributed by atoms with van der Waals surface area (Å²) >= 11 is 0. The van der Waals surface area contributed by atoms with E-state index in [1.165, 1.54) is 0 Å². The third kappa shape index (κ3) is 6.44. The first-order valence-electron chi connectivity index (χ1n) is 5.09. The molecule has 0 aliphatic carbocycles. The van der Waals surface area contributed by atoms with E-state index in [0.29, 0.717) is 6.42 Å². The Kier molecular flexibility index (Phi) is 6.43. The van der Waals surface area contributed by atoms with Gasteiger partial charge in [0.2, 0.25) is 5.91 Å². The van der Waals surface area contributed by atoms with Crippen molar-refractivity contribution in [1.29, 1.82) is 0 Å². The lowest BCUT2D eigenvalue weighted by atomic mass is 9.98. The largest absolute Gasteiger partial charge is 0.405 e. The number of nitrogens with one attached hydrogen (secondary N) is 2. The van der Waals surface area contributed by atoms with Crippen LogP contribution in [-0.2, 0) is 4.79 Å². The quantitative estimate of drug-likeness (QED) is 0.491. The monoisotopic (exact) mass is 258 g/mol. The summed E-state index contributed by atoms with van der Waals surface area (Å²) in [5, 5.41) is 22.2. The molecule has 0 aromatic rings. The van der Waals surface area contributed by atoms with Crippen LogP contribution in [0.1, 0.15) is 13.3 Å². The van der Waals surface area contributed by atoms with Gasteiger partial charge in [-0.3, -0.25) is 10.1 Å². The molecular formula is C9H17F3N2O3. The molecule has 0 spiro atoms. The Hall–Kier alpha value is -0.860. The highest BCUT2D eigenvalue weighted by Crippen LogP contribution is 2.12. The summed E-state index contributed by atoms with van der Waals surface area (Å²) in [6.45, 7) is -0.942. The van der Waals surface area contributed by atoms with Gasteiger partial charge >= 0.3 is 6.18 Å². The number of halogens is 3. The molecule has 17 heavy (non-hydrogen) atoms. The highest BCUT2D eigenvalue weighted by Gasteiger charge is 2.29. The van der Waals surface area contributed by atoms with Gasteiger partial charge in [-0.1, -0.05) is 6.92 Å². The number of hydrogen-bond donors (Lipinski definition) is 4. The lowest BCUT2D eigenvalue weighted by molar-refractivity contribution is -0.138. The fourth-order valence-corrected chi connectivity index (χ4v) is 1.04. The molecule has 0 unspecified atom stereocenters. The SMILES string of the molecule is CCC(CO)(CO)NCC(=O)NCC(F)(F)F. The molecule has 4 N–H and O–H groups in total. The molecule has 0 saturated carbocycles. The molecule has 0 saturated heterocycles. The highest BCUT2D eigenvalue weighted by molar-refractivity contribution is 5.78. The van der Waals surface area contributed by atoms with Gasteiger partial charge in [0.1, 0.15) is 6.54 Å². The molecule has 0 aliphatic heterocycles. The van der Waals surface area contributed by atoms with E-state index in [0.717, 1.165) is 0 Å². The number of aliphatic hydroxyl groups excluding tert-OH is 2. The van der Waals surface area contributed by atoms with Crippen LogP contribution in [0.4, 0.5) is 13.2 Å². The van der Waals surface area contributed by atoms with E-state index in [1.54, 1.807) is 12.2 Å². The van der Waals surface area contributed by atoms with Gasteiger partial charge in [0, 0.05) is 0 Å². The molecule has 8 heteroatoms. The summed E-state index contributed by atoms with van der Waals surface area (Å²) in [6, 6.07) is 0. The number of alkyl halides is 3. The molecule has 0 bridgehead atoms. The van der Waals surface area contributed by atoms with Crippen molar-refractivity contribution in [3.05, 3.63) is 0 Å². The maximum Gasteiger partial charge on any atom is 0.405 e. The van der Waals surface area contributed by atoms with Crippen LogP contribution in [0.2, 0.25) is 0 Å². The Morgan fingerprint density at radius 2 is 1.76 bits per heavy atom. The van der Waals surface area contributed by atoms with E-state index < -0.39 is 43.9 Å². The molecule has 0 aromatic heterocycles. The number of carbonyl (C=O) groups excluding carboxylic acids is 1. The predicted molar refractivity (Wildman–Crippen MR) is 54.3 cm³/mol. The van der Waals surface area contributed by atoms with Gasteiger partial charge in [-0.25, -0.2) is 0 Å². The molecule has 5 nitrogen and oxygen atoms in total. The fraction of sp³-hybridized carbons (Fsp3) is 0.889. The van der Waals surface area contributed by atoms with Gasteiger partial charge in [0.05, 0.1) is 25.3 Å². The average molecular weight is 258 g/mol. The van der Waals surface area contributed by atoms with E-state index in [4.69, 9.17) is 10.2 Å². The van der Waals surface area contributed by atoms with E-state index >= 15 is 0 Å². The zero-order valence-corrected chi connectivity index (χ0v) is 9.47. The number of rotatable bonds is 7. The molecule has 0 heterocycles. The minimum atomic E-state index is -4.45. The van der Waals surface area contributed by atoms with Gasteiger partial charge in [0.25, 0.3) is 0 Å². The Balaban J connectivity index is 4.06. The van der Waals surface area contributed by atoms with Crippen LogP contribution in [0.15, 0.2) is 0 Å². The zero-order valence-electron chi connectivity index (χ0n) is 9.47. The summed E-state index contributed by atoms with van der Waals surface area (Å²) in [5.41, 5.74) is -1.05. The second-order valence-electron chi connectivity index (χ2n) is 3.70. The molecule has 102 valence electrons. The van der Waals surface area contributed by atoms with Crippen molar-refractivity contribution >= 4 is 5.91 Å². The van der Waals surface area contributed by atoms with Gasteiger partial charge in [-0.15, -0.1) is 0 Å². The summed E-state index contributed by atoms with van der Waals surface area (Å²) in [4.78, 5) is 11.0. The Morgan fingerprint density at radius 3 is 2.12 bits per heavy atom. The molecule has 0 atom stereocenters.